The van der Waals surface area contributed by atoms with Crippen LogP contribution in [0.1, 0.15) is 5.56 Å². The van der Waals surface area contributed by atoms with Crippen molar-refractivity contribution in [3.8, 4) is 34.5 Å². The van der Waals surface area contributed by atoms with E-state index in [-0.39, 0.29) is 27.5 Å². The standard InChI is InChI=1S/C20H18N2O7S/c1-26-13-8-12(9-14(10-13)27-2)18-21-22-20(29-18)30-17(19(24)25)7-11-4-5-16(28-3)15(23)6-11/h4-10,23H,1-3H3,(H,24,25)/b17-7-. The minimum atomic E-state index is -1.18. The number of benzene rings is 2. The van der Waals surface area contributed by atoms with Gasteiger partial charge >= 0.3 is 5.97 Å². The van der Waals surface area contributed by atoms with Crippen LogP contribution in [0.4, 0.5) is 0 Å². The van der Waals surface area contributed by atoms with Crippen molar-refractivity contribution in [3.05, 3.63) is 46.9 Å². The number of nitrogens with zero attached hydrogens (tertiary/aromatic N) is 2. The highest BCUT2D eigenvalue weighted by Crippen LogP contribution is 2.34. The Kier molecular flexibility index (Phi) is 6.48. The van der Waals surface area contributed by atoms with Gasteiger partial charge in [0.2, 0.25) is 5.89 Å². The Labute approximate surface area is 175 Å². The number of carbonyl (C=O) groups is 1. The van der Waals surface area contributed by atoms with Crippen molar-refractivity contribution >= 4 is 23.8 Å². The zero-order chi connectivity index (χ0) is 21.7. The first-order valence-electron chi connectivity index (χ1n) is 8.50. The van der Waals surface area contributed by atoms with Crippen molar-refractivity contribution in [1.29, 1.82) is 0 Å². The lowest BCUT2D eigenvalue weighted by Crippen LogP contribution is -1.96. The minimum Gasteiger partial charge on any atom is -0.504 e. The summed E-state index contributed by atoms with van der Waals surface area (Å²) in [7, 11) is 4.47. The lowest BCUT2D eigenvalue weighted by Gasteiger charge is -2.05. The molecule has 0 radical (unpaired) electrons. The molecule has 30 heavy (non-hydrogen) atoms. The SMILES string of the molecule is COc1cc(OC)cc(-c2nnc(S/C(=C\c3ccc(OC)c(O)c3)C(=O)O)o2)c1. The molecule has 10 heteroatoms. The number of aliphatic carboxylic acids is 1. The molecule has 3 aromatic rings. The number of methoxy groups -OCH3 is 3. The van der Waals surface area contributed by atoms with Gasteiger partial charge in [-0.2, -0.15) is 0 Å². The lowest BCUT2D eigenvalue weighted by molar-refractivity contribution is -0.131. The van der Waals surface area contributed by atoms with E-state index in [1.807, 2.05) is 0 Å². The summed E-state index contributed by atoms with van der Waals surface area (Å²) in [5, 5.41) is 27.3. The average Bonchev–Trinajstić information content (AvgIpc) is 3.21. The van der Waals surface area contributed by atoms with E-state index >= 15 is 0 Å². The highest BCUT2D eigenvalue weighted by atomic mass is 32.2. The topological polar surface area (TPSA) is 124 Å². The highest BCUT2D eigenvalue weighted by Gasteiger charge is 2.17. The van der Waals surface area contributed by atoms with Crippen LogP contribution in [0.5, 0.6) is 23.0 Å². The smallest absolute Gasteiger partial charge is 0.342 e. The molecule has 2 aromatic carbocycles. The van der Waals surface area contributed by atoms with Crippen LogP contribution in [-0.2, 0) is 4.79 Å². The molecule has 0 saturated carbocycles. The van der Waals surface area contributed by atoms with Gasteiger partial charge in [-0.05, 0) is 47.7 Å². The van der Waals surface area contributed by atoms with E-state index in [0.717, 1.165) is 11.8 Å². The van der Waals surface area contributed by atoms with E-state index < -0.39 is 5.97 Å². The molecule has 0 aliphatic heterocycles. The fraction of sp³-hybridized carbons (Fsp3) is 0.150. The van der Waals surface area contributed by atoms with Crippen molar-refractivity contribution < 1.29 is 33.6 Å². The second-order valence-corrected chi connectivity index (χ2v) is 6.81. The zero-order valence-electron chi connectivity index (χ0n) is 16.3. The van der Waals surface area contributed by atoms with Crippen molar-refractivity contribution in [2.24, 2.45) is 0 Å². The summed E-state index contributed by atoms with van der Waals surface area (Å²) in [5.74, 6) is 0.268. The van der Waals surface area contributed by atoms with E-state index in [1.54, 1.807) is 24.3 Å². The molecule has 156 valence electrons. The third kappa shape index (κ3) is 4.84. The molecular formula is C20H18N2O7S. The normalized spacial score (nSPS) is 11.2. The van der Waals surface area contributed by atoms with Gasteiger partial charge in [0.15, 0.2) is 11.5 Å². The third-order valence-corrected chi connectivity index (χ3v) is 4.77. The number of aromatic hydroxyl groups is 1. The van der Waals surface area contributed by atoms with Crippen molar-refractivity contribution in [2.45, 2.75) is 5.22 Å². The number of hydrogen-bond donors (Lipinski definition) is 2. The van der Waals surface area contributed by atoms with Gasteiger partial charge in [0, 0.05) is 11.6 Å². The van der Waals surface area contributed by atoms with Gasteiger partial charge in [0.05, 0.1) is 21.3 Å². The number of carboxylic acid groups (broad SMARTS) is 1. The zero-order valence-corrected chi connectivity index (χ0v) is 17.1. The van der Waals surface area contributed by atoms with Crippen LogP contribution in [-0.4, -0.2) is 47.7 Å². The van der Waals surface area contributed by atoms with Crippen LogP contribution in [0.15, 0.2) is 50.9 Å². The predicted molar refractivity (Wildman–Crippen MR) is 109 cm³/mol. The number of aromatic nitrogens is 2. The summed E-state index contributed by atoms with van der Waals surface area (Å²) in [5.41, 5.74) is 1.03. The quantitative estimate of drug-likeness (QED) is 0.404. The molecule has 0 spiro atoms. The maximum atomic E-state index is 11.7. The van der Waals surface area contributed by atoms with Gasteiger partial charge in [0.1, 0.15) is 16.4 Å². The van der Waals surface area contributed by atoms with Gasteiger partial charge in [0.25, 0.3) is 5.22 Å². The van der Waals surface area contributed by atoms with Gasteiger partial charge in [-0.15, -0.1) is 10.2 Å². The summed E-state index contributed by atoms with van der Waals surface area (Å²) < 4.78 is 21.0. The van der Waals surface area contributed by atoms with E-state index in [9.17, 15) is 15.0 Å². The molecular weight excluding hydrogens is 412 g/mol. The van der Waals surface area contributed by atoms with Gasteiger partial charge in [-0.3, -0.25) is 0 Å². The molecule has 0 fully saturated rings. The molecule has 0 bridgehead atoms. The number of rotatable bonds is 8. The maximum Gasteiger partial charge on any atom is 0.342 e. The number of thioether (sulfide) groups is 1. The van der Waals surface area contributed by atoms with Crippen LogP contribution in [0.2, 0.25) is 0 Å². The van der Waals surface area contributed by atoms with Crippen LogP contribution in [0.25, 0.3) is 17.5 Å². The first-order chi connectivity index (χ1) is 14.4. The molecule has 0 amide bonds. The van der Waals surface area contributed by atoms with E-state index in [2.05, 4.69) is 10.2 Å². The molecule has 2 N–H and O–H groups in total. The summed E-state index contributed by atoms with van der Waals surface area (Å²) >= 11 is 0.789. The van der Waals surface area contributed by atoms with Crippen molar-refractivity contribution in [1.82, 2.24) is 10.2 Å². The molecule has 0 aliphatic rings. The average molecular weight is 430 g/mol. The van der Waals surface area contributed by atoms with E-state index in [1.165, 1.54) is 39.5 Å². The molecule has 0 unspecified atom stereocenters. The Morgan fingerprint density at radius 1 is 1.03 bits per heavy atom. The molecule has 1 aromatic heterocycles. The van der Waals surface area contributed by atoms with Crippen LogP contribution >= 0.6 is 11.8 Å². The van der Waals surface area contributed by atoms with Crippen molar-refractivity contribution in [3.63, 3.8) is 0 Å². The fourth-order valence-corrected chi connectivity index (χ4v) is 3.15. The van der Waals surface area contributed by atoms with Crippen molar-refractivity contribution in [2.75, 3.05) is 21.3 Å². The molecule has 3 rings (SSSR count). The Bertz CT molecular complexity index is 1070. The number of ether oxygens (including phenoxy) is 3. The lowest BCUT2D eigenvalue weighted by atomic mass is 10.2. The highest BCUT2D eigenvalue weighted by molar-refractivity contribution is 8.03. The molecule has 0 atom stereocenters. The third-order valence-electron chi connectivity index (χ3n) is 3.91. The number of hydrogen-bond acceptors (Lipinski definition) is 9. The predicted octanol–water partition coefficient (Wildman–Crippen LogP) is 3.69. The molecule has 9 nitrogen and oxygen atoms in total. The van der Waals surface area contributed by atoms with E-state index in [0.29, 0.717) is 22.6 Å². The summed E-state index contributed by atoms with van der Waals surface area (Å²) in [6, 6.07) is 9.63. The van der Waals surface area contributed by atoms with Crippen LogP contribution in [0.3, 0.4) is 0 Å². The Balaban J connectivity index is 1.87. The fourth-order valence-electron chi connectivity index (χ4n) is 2.48. The second-order valence-electron chi connectivity index (χ2n) is 5.82. The van der Waals surface area contributed by atoms with Gasteiger partial charge in [-0.1, -0.05) is 6.07 Å². The Morgan fingerprint density at radius 3 is 2.30 bits per heavy atom. The van der Waals surface area contributed by atoms with Crippen LogP contribution in [0, 0.1) is 0 Å². The second kappa shape index (κ2) is 9.23. The number of phenolic OH excluding ortho intramolecular Hbond substituents is 1. The summed E-state index contributed by atoms with van der Waals surface area (Å²) in [6.07, 6.45) is 1.38. The number of carboxylic acids is 1. The summed E-state index contributed by atoms with van der Waals surface area (Å²) in [4.78, 5) is 11.6. The first kappa shape index (κ1) is 21.1. The molecule has 0 aliphatic carbocycles. The molecule has 1 heterocycles. The summed E-state index contributed by atoms with van der Waals surface area (Å²) in [6.45, 7) is 0. The largest absolute Gasteiger partial charge is 0.504 e. The first-order valence-corrected chi connectivity index (χ1v) is 9.32. The minimum absolute atomic E-state index is 0.0400. The van der Waals surface area contributed by atoms with E-state index in [4.69, 9.17) is 18.6 Å². The van der Waals surface area contributed by atoms with Gasteiger partial charge in [-0.25, -0.2) is 4.79 Å². The van der Waals surface area contributed by atoms with Gasteiger partial charge < -0.3 is 28.8 Å². The number of phenols is 1. The van der Waals surface area contributed by atoms with Crippen LogP contribution < -0.4 is 14.2 Å². The Morgan fingerprint density at radius 2 is 1.73 bits per heavy atom. The maximum absolute atomic E-state index is 11.7. The Hall–Kier alpha value is -3.66. The monoisotopic (exact) mass is 430 g/mol. The molecule has 0 saturated heterocycles.